The van der Waals surface area contributed by atoms with Gasteiger partial charge in [-0.2, -0.15) is 0 Å². The molecular weight excluding hydrogens is 250 g/mol. The molecule has 0 aliphatic carbocycles. The van der Waals surface area contributed by atoms with Crippen LogP contribution in [0.1, 0.15) is 62.0 Å². The Bertz CT molecular complexity index is 443. The first-order valence-electron chi connectivity index (χ1n) is 7.44. The molecule has 1 N–H and O–H groups in total. The first kappa shape index (κ1) is 16.5. The average Bonchev–Trinajstić information content (AvgIpc) is 2.45. The number of carbonyl (C=O) groups is 1. The van der Waals surface area contributed by atoms with Crippen LogP contribution in [0.2, 0.25) is 0 Å². The summed E-state index contributed by atoms with van der Waals surface area (Å²) in [5.74, 6) is 1.13. The summed E-state index contributed by atoms with van der Waals surface area (Å²) in [7, 11) is 3.69. The quantitative estimate of drug-likeness (QED) is 0.776. The van der Waals surface area contributed by atoms with Crippen molar-refractivity contribution >= 4 is 11.7 Å². The second-order valence-corrected chi connectivity index (χ2v) is 5.50. The minimum atomic E-state index is 0.0712. The van der Waals surface area contributed by atoms with Gasteiger partial charge in [-0.25, -0.2) is 4.98 Å². The number of pyridine rings is 1. The fraction of sp³-hybridized carbons (Fsp3) is 0.625. The molecule has 0 aliphatic heterocycles. The lowest BCUT2D eigenvalue weighted by Crippen LogP contribution is -2.28. The lowest BCUT2D eigenvalue weighted by Gasteiger charge is -2.18. The molecule has 1 aromatic heterocycles. The van der Waals surface area contributed by atoms with Gasteiger partial charge < -0.3 is 10.2 Å². The van der Waals surface area contributed by atoms with Crippen molar-refractivity contribution in [3.63, 3.8) is 0 Å². The highest BCUT2D eigenvalue weighted by Gasteiger charge is 2.15. The molecule has 112 valence electrons. The smallest absolute Gasteiger partial charge is 0.253 e. The van der Waals surface area contributed by atoms with Crippen LogP contribution in [0, 0.1) is 0 Å². The van der Waals surface area contributed by atoms with E-state index in [4.69, 9.17) is 0 Å². The molecule has 0 saturated heterocycles. The maximum absolute atomic E-state index is 12.5. The molecule has 4 nitrogen and oxygen atoms in total. The Labute approximate surface area is 122 Å². The van der Waals surface area contributed by atoms with Crippen molar-refractivity contribution in [2.45, 2.75) is 46.0 Å². The van der Waals surface area contributed by atoms with E-state index in [1.165, 1.54) is 6.42 Å². The number of aromatic nitrogens is 1. The lowest BCUT2D eigenvalue weighted by atomic mass is 10.1. The van der Waals surface area contributed by atoms with E-state index in [9.17, 15) is 4.79 Å². The Morgan fingerprint density at radius 2 is 2.05 bits per heavy atom. The highest BCUT2D eigenvalue weighted by atomic mass is 16.2. The second-order valence-electron chi connectivity index (χ2n) is 5.50. The van der Waals surface area contributed by atoms with Gasteiger partial charge in [-0.15, -0.1) is 0 Å². The number of hydrogen-bond acceptors (Lipinski definition) is 3. The first-order valence-corrected chi connectivity index (χ1v) is 7.44. The molecule has 1 heterocycles. The topological polar surface area (TPSA) is 45.2 Å². The van der Waals surface area contributed by atoms with Crippen molar-refractivity contribution in [1.29, 1.82) is 0 Å². The molecule has 0 bridgehead atoms. The van der Waals surface area contributed by atoms with Gasteiger partial charge in [0.15, 0.2) is 0 Å². The SMILES string of the molecule is CCCCCN(C)C(=O)c1cc(NC)nc(C(C)C)c1. The van der Waals surface area contributed by atoms with Gasteiger partial charge in [0.2, 0.25) is 0 Å². The number of unbranched alkanes of at least 4 members (excludes halogenated alkanes) is 2. The van der Waals surface area contributed by atoms with Gasteiger partial charge in [0.1, 0.15) is 5.82 Å². The highest BCUT2D eigenvalue weighted by Crippen LogP contribution is 2.18. The van der Waals surface area contributed by atoms with E-state index < -0.39 is 0 Å². The normalized spacial score (nSPS) is 10.7. The number of hydrogen-bond donors (Lipinski definition) is 1. The summed E-state index contributed by atoms with van der Waals surface area (Å²) in [4.78, 5) is 18.7. The van der Waals surface area contributed by atoms with E-state index >= 15 is 0 Å². The number of anilines is 1. The second kappa shape index (κ2) is 7.88. The molecule has 0 fully saturated rings. The Morgan fingerprint density at radius 1 is 1.35 bits per heavy atom. The zero-order valence-electron chi connectivity index (χ0n) is 13.4. The van der Waals surface area contributed by atoms with Crippen LogP contribution in [0.3, 0.4) is 0 Å². The van der Waals surface area contributed by atoms with Crippen molar-refractivity contribution in [3.8, 4) is 0 Å². The Hall–Kier alpha value is -1.58. The summed E-state index contributed by atoms with van der Waals surface area (Å²) < 4.78 is 0. The van der Waals surface area contributed by atoms with Gasteiger partial charge in [0.05, 0.1) is 0 Å². The maximum atomic E-state index is 12.5. The molecule has 0 unspecified atom stereocenters. The van der Waals surface area contributed by atoms with Gasteiger partial charge in [-0.05, 0) is 24.5 Å². The van der Waals surface area contributed by atoms with E-state index in [1.807, 2.05) is 26.2 Å². The third kappa shape index (κ3) is 4.51. The van der Waals surface area contributed by atoms with Gasteiger partial charge in [-0.3, -0.25) is 4.79 Å². The van der Waals surface area contributed by atoms with Crippen LogP contribution in [0.25, 0.3) is 0 Å². The molecule has 0 radical (unpaired) electrons. The average molecular weight is 277 g/mol. The zero-order chi connectivity index (χ0) is 15.1. The van der Waals surface area contributed by atoms with Crippen LogP contribution >= 0.6 is 0 Å². The predicted molar refractivity (Wildman–Crippen MR) is 84.4 cm³/mol. The molecule has 4 heteroatoms. The molecule has 0 aliphatic rings. The fourth-order valence-corrected chi connectivity index (χ4v) is 2.02. The van der Waals surface area contributed by atoms with Crippen LogP contribution in [-0.2, 0) is 0 Å². The number of nitrogens with one attached hydrogen (secondary N) is 1. The summed E-state index contributed by atoms with van der Waals surface area (Å²) in [5.41, 5.74) is 1.66. The van der Waals surface area contributed by atoms with Crippen LogP contribution in [0.4, 0.5) is 5.82 Å². The Morgan fingerprint density at radius 3 is 2.60 bits per heavy atom. The van der Waals surface area contributed by atoms with Crippen LogP contribution < -0.4 is 5.32 Å². The van der Waals surface area contributed by atoms with E-state index in [2.05, 4.69) is 31.1 Å². The van der Waals surface area contributed by atoms with Gasteiger partial charge in [0, 0.05) is 31.9 Å². The van der Waals surface area contributed by atoms with Gasteiger partial charge >= 0.3 is 0 Å². The maximum Gasteiger partial charge on any atom is 0.253 e. The van der Waals surface area contributed by atoms with E-state index in [-0.39, 0.29) is 5.91 Å². The van der Waals surface area contributed by atoms with Gasteiger partial charge in [0.25, 0.3) is 5.91 Å². The summed E-state index contributed by atoms with van der Waals surface area (Å²) in [6.45, 7) is 7.14. The van der Waals surface area contributed by atoms with E-state index in [1.54, 1.807) is 4.90 Å². The highest BCUT2D eigenvalue weighted by molar-refractivity contribution is 5.94. The monoisotopic (exact) mass is 277 g/mol. The molecule has 1 aromatic rings. The summed E-state index contributed by atoms with van der Waals surface area (Å²) in [5, 5.41) is 3.03. The van der Waals surface area contributed by atoms with Crippen molar-refractivity contribution < 1.29 is 4.79 Å². The Kier molecular flexibility index (Phi) is 6.49. The third-order valence-corrected chi connectivity index (χ3v) is 3.38. The Balaban J connectivity index is 2.88. The lowest BCUT2D eigenvalue weighted by molar-refractivity contribution is 0.0792. The standard InChI is InChI=1S/C16H27N3O/c1-6-7-8-9-19(5)16(20)13-10-14(12(2)3)18-15(11-13)17-4/h10-12H,6-9H2,1-5H3,(H,17,18). The van der Waals surface area contributed by atoms with E-state index in [0.717, 1.165) is 30.9 Å². The van der Waals surface area contributed by atoms with E-state index in [0.29, 0.717) is 11.5 Å². The summed E-state index contributed by atoms with van der Waals surface area (Å²) >= 11 is 0. The van der Waals surface area contributed by atoms with Crippen molar-refractivity contribution in [1.82, 2.24) is 9.88 Å². The predicted octanol–water partition coefficient (Wildman–Crippen LogP) is 3.51. The molecule has 1 amide bonds. The third-order valence-electron chi connectivity index (χ3n) is 3.38. The summed E-state index contributed by atoms with van der Waals surface area (Å²) in [6, 6.07) is 3.73. The molecule has 0 spiro atoms. The largest absolute Gasteiger partial charge is 0.373 e. The number of amides is 1. The zero-order valence-corrected chi connectivity index (χ0v) is 13.4. The molecule has 0 saturated carbocycles. The van der Waals surface area contributed by atoms with Crippen molar-refractivity contribution in [2.75, 3.05) is 26.0 Å². The van der Waals surface area contributed by atoms with Crippen molar-refractivity contribution in [3.05, 3.63) is 23.4 Å². The van der Waals surface area contributed by atoms with Crippen LogP contribution in [0.5, 0.6) is 0 Å². The minimum Gasteiger partial charge on any atom is -0.373 e. The molecular formula is C16H27N3O. The molecule has 0 atom stereocenters. The molecule has 20 heavy (non-hydrogen) atoms. The first-order chi connectivity index (χ1) is 9.49. The number of rotatable bonds is 7. The molecule has 0 aromatic carbocycles. The molecule has 1 rings (SSSR count). The van der Waals surface area contributed by atoms with Crippen LogP contribution in [0.15, 0.2) is 12.1 Å². The van der Waals surface area contributed by atoms with Gasteiger partial charge in [-0.1, -0.05) is 33.6 Å². The van der Waals surface area contributed by atoms with Crippen LogP contribution in [-0.4, -0.2) is 36.4 Å². The minimum absolute atomic E-state index is 0.0712. The fourth-order valence-electron chi connectivity index (χ4n) is 2.02. The number of carbonyl (C=O) groups excluding carboxylic acids is 1. The number of nitrogens with zero attached hydrogens (tertiary/aromatic N) is 2. The summed E-state index contributed by atoms with van der Waals surface area (Å²) in [6.07, 6.45) is 3.38. The van der Waals surface area contributed by atoms with Crippen molar-refractivity contribution in [2.24, 2.45) is 0 Å².